The van der Waals surface area contributed by atoms with Gasteiger partial charge in [-0.3, -0.25) is 24.3 Å². The van der Waals surface area contributed by atoms with Gasteiger partial charge in [-0.25, -0.2) is 24.5 Å². The molecule has 3 N–H and O–H groups in total. The standard InChI is InChI=1S/C27H40N6O11Si/c1-13(44-45(8,9)27(5,6)7)18(25(37)38)31-26(39)32-22-19-23(29-11-28-22)33(12-30-19)24-21(42-16(4)36)20(41-15(3)35)17(43-24)10-40-14(2)34/h11-13,17-18,20-21,24H,10H2,1-9H3,(H,37,38)(H2,28,29,31,32,39)/t13?,17-,18?,20-,21-,24-/m1/s1. The van der Waals surface area contributed by atoms with Crippen molar-refractivity contribution in [1.82, 2.24) is 24.8 Å². The molecule has 248 valence electrons. The van der Waals surface area contributed by atoms with E-state index < -0.39 is 74.9 Å². The summed E-state index contributed by atoms with van der Waals surface area (Å²) in [5, 5.41) is 14.6. The van der Waals surface area contributed by atoms with Crippen molar-refractivity contribution in [2.45, 2.75) is 103 Å². The number of aromatic nitrogens is 4. The molecule has 0 saturated carbocycles. The summed E-state index contributed by atoms with van der Waals surface area (Å²) in [5.74, 6) is -3.33. The molecule has 3 heterocycles. The summed E-state index contributed by atoms with van der Waals surface area (Å²) in [5.41, 5.74) is 0.212. The number of carboxylic acids is 1. The summed E-state index contributed by atoms with van der Waals surface area (Å²) in [6.07, 6.45) is -2.94. The number of anilines is 1. The molecule has 18 heteroatoms. The first-order chi connectivity index (χ1) is 20.8. The highest BCUT2D eigenvalue weighted by Gasteiger charge is 2.51. The van der Waals surface area contributed by atoms with Crippen LogP contribution in [0, 0.1) is 0 Å². The van der Waals surface area contributed by atoms with E-state index in [1.165, 1.54) is 31.7 Å². The van der Waals surface area contributed by atoms with Crippen LogP contribution in [0.4, 0.5) is 10.6 Å². The molecule has 1 aliphatic heterocycles. The van der Waals surface area contributed by atoms with Crippen molar-refractivity contribution < 1.29 is 52.5 Å². The molecule has 1 fully saturated rings. The number of nitrogens with zero attached hydrogens (tertiary/aromatic N) is 4. The number of ether oxygens (including phenoxy) is 4. The van der Waals surface area contributed by atoms with Crippen molar-refractivity contribution in [1.29, 1.82) is 0 Å². The van der Waals surface area contributed by atoms with E-state index in [2.05, 4.69) is 25.6 Å². The molecule has 0 aromatic carbocycles. The second-order valence-corrected chi connectivity index (χ2v) is 16.8. The van der Waals surface area contributed by atoms with E-state index in [4.69, 9.17) is 23.4 Å². The van der Waals surface area contributed by atoms with E-state index in [0.717, 1.165) is 6.33 Å². The third-order valence-electron chi connectivity index (χ3n) is 7.51. The van der Waals surface area contributed by atoms with Gasteiger partial charge >= 0.3 is 29.9 Å². The molecule has 0 bridgehead atoms. The largest absolute Gasteiger partial charge is 0.480 e. The molecule has 0 radical (unpaired) electrons. The number of hydrogen-bond donors (Lipinski definition) is 3. The first-order valence-corrected chi connectivity index (χ1v) is 17.0. The van der Waals surface area contributed by atoms with Crippen LogP contribution in [0.25, 0.3) is 11.2 Å². The highest BCUT2D eigenvalue weighted by molar-refractivity contribution is 6.74. The lowest BCUT2D eigenvalue weighted by molar-refractivity contribution is -0.166. The smallest absolute Gasteiger partial charge is 0.328 e. The number of aliphatic carboxylic acids is 1. The van der Waals surface area contributed by atoms with Gasteiger partial charge in [-0.1, -0.05) is 20.8 Å². The van der Waals surface area contributed by atoms with E-state index in [0.29, 0.717) is 0 Å². The summed E-state index contributed by atoms with van der Waals surface area (Å²) < 4.78 is 29.5. The quantitative estimate of drug-likeness (QED) is 0.180. The molecule has 45 heavy (non-hydrogen) atoms. The van der Waals surface area contributed by atoms with E-state index in [1.54, 1.807) is 6.92 Å². The van der Waals surface area contributed by atoms with Gasteiger partial charge in [0.1, 0.15) is 19.0 Å². The number of hydrogen-bond acceptors (Lipinski definition) is 13. The summed E-state index contributed by atoms with van der Waals surface area (Å²) >= 11 is 0. The topological polar surface area (TPSA) is 219 Å². The van der Waals surface area contributed by atoms with Crippen LogP contribution in [0.5, 0.6) is 0 Å². The zero-order valence-electron chi connectivity index (χ0n) is 26.6. The zero-order chi connectivity index (χ0) is 33.9. The van der Waals surface area contributed by atoms with Crippen LogP contribution in [0.1, 0.15) is 54.7 Å². The highest BCUT2D eigenvalue weighted by Crippen LogP contribution is 2.38. The van der Waals surface area contributed by atoms with Crippen molar-refractivity contribution in [3.63, 3.8) is 0 Å². The number of fused-ring (bicyclic) bond motifs is 1. The van der Waals surface area contributed by atoms with Gasteiger partial charge in [-0.15, -0.1) is 0 Å². The fraction of sp³-hybridized carbons (Fsp3) is 0.630. The van der Waals surface area contributed by atoms with Crippen LogP contribution < -0.4 is 10.6 Å². The molecule has 3 rings (SSSR count). The van der Waals surface area contributed by atoms with Gasteiger partial charge in [-0.2, -0.15) is 0 Å². The van der Waals surface area contributed by atoms with Gasteiger partial charge in [-0.05, 0) is 25.1 Å². The molecule has 1 saturated heterocycles. The van der Waals surface area contributed by atoms with Crippen molar-refractivity contribution in [2.75, 3.05) is 11.9 Å². The SMILES string of the molecule is CC(=O)OC[C@H]1O[C@@H](n2cnc3c(NC(=O)NC(C(=O)O)C(C)O[Si](C)(C)C(C)(C)C)ncnc32)[C@H](OC(C)=O)[C@@H]1OC(C)=O. The number of carbonyl (C=O) groups excluding carboxylic acids is 4. The average molecular weight is 653 g/mol. The number of esters is 3. The second-order valence-electron chi connectivity index (χ2n) is 12.1. The Kier molecular flexibility index (Phi) is 10.9. The summed E-state index contributed by atoms with van der Waals surface area (Å²) in [6, 6.07) is -2.26. The maximum Gasteiger partial charge on any atom is 0.328 e. The molecule has 2 aromatic rings. The Hall–Kier alpha value is -4.16. The van der Waals surface area contributed by atoms with Crippen molar-refractivity contribution in [3.8, 4) is 0 Å². The van der Waals surface area contributed by atoms with Gasteiger partial charge in [0.25, 0.3) is 0 Å². The van der Waals surface area contributed by atoms with Gasteiger partial charge in [0.15, 0.2) is 49.8 Å². The predicted molar refractivity (Wildman–Crippen MR) is 158 cm³/mol. The summed E-state index contributed by atoms with van der Waals surface area (Å²) in [6.45, 7) is 14.8. The Labute approximate surface area is 260 Å². The zero-order valence-corrected chi connectivity index (χ0v) is 27.6. The van der Waals surface area contributed by atoms with Crippen LogP contribution in [-0.4, -0.2) is 99.9 Å². The minimum atomic E-state index is -2.36. The molecule has 2 unspecified atom stereocenters. The summed E-state index contributed by atoms with van der Waals surface area (Å²) in [7, 11) is -2.36. The Morgan fingerprint density at radius 1 is 1.02 bits per heavy atom. The number of imidazole rings is 1. The number of rotatable bonds is 11. The number of amides is 2. The predicted octanol–water partition coefficient (Wildman–Crippen LogP) is 2.14. The minimum Gasteiger partial charge on any atom is -0.480 e. The Bertz CT molecular complexity index is 1440. The molecule has 6 atom stereocenters. The Balaban J connectivity index is 1.88. The van der Waals surface area contributed by atoms with Crippen LogP contribution in [0.3, 0.4) is 0 Å². The fourth-order valence-corrected chi connectivity index (χ4v) is 5.84. The molecule has 2 aromatic heterocycles. The van der Waals surface area contributed by atoms with Crippen molar-refractivity contribution in [2.24, 2.45) is 0 Å². The molecular formula is C27H40N6O11Si. The van der Waals surface area contributed by atoms with Gasteiger partial charge in [0.2, 0.25) is 0 Å². The molecule has 0 aliphatic carbocycles. The fourth-order valence-electron chi connectivity index (χ4n) is 4.42. The number of nitrogens with one attached hydrogen (secondary N) is 2. The first-order valence-electron chi connectivity index (χ1n) is 14.1. The third-order valence-corrected chi connectivity index (χ3v) is 12.1. The number of urea groups is 1. The van der Waals surface area contributed by atoms with Crippen LogP contribution >= 0.6 is 0 Å². The highest BCUT2D eigenvalue weighted by atomic mass is 28.4. The van der Waals surface area contributed by atoms with Gasteiger partial charge in [0, 0.05) is 20.8 Å². The minimum absolute atomic E-state index is 0.0617. The molecule has 2 amide bonds. The van der Waals surface area contributed by atoms with Crippen LogP contribution in [0.15, 0.2) is 12.7 Å². The van der Waals surface area contributed by atoms with Gasteiger partial charge in [0.05, 0.1) is 12.4 Å². The Morgan fingerprint density at radius 3 is 2.20 bits per heavy atom. The number of carboxylic acid groups (broad SMARTS) is 1. The lowest BCUT2D eigenvalue weighted by Crippen LogP contribution is -2.54. The molecule has 17 nitrogen and oxygen atoms in total. The van der Waals surface area contributed by atoms with Gasteiger partial charge < -0.3 is 33.8 Å². The lowest BCUT2D eigenvalue weighted by Gasteiger charge is -2.39. The first kappa shape index (κ1) is 35.3. The van der Waals surface area contributed by atoms with Crippen LogP contribution in [-0.2, 0) is 42.6 Å². The molecular weight excluding hydrogens is 612 g/mol. The molecule has 1 aliphatic rings. The maximum atomic E-state index is 13.0. The van der Waals surface area contributed by atoms with E-state index in [-0.39, 0.29) is 28.6 Å². The average Bonchev–Trinajstić information content (AvgIpc) is 3.46. The second kappa shape index (κ2) is 13.9. The Morgan fingerprint density at radius 2 is 1.64 bits per heavy atom. The van der Waals surface area contributed by atoms with Crippen molar-refractivity contribution in [3.05, 3.63) is 12.7 Å². The normalized spacial score (nSPS) is 21.4. The number of carbonyl (C=O) groups is 5. The van der Waals surface area contributed by atoms with Crippen LogP contribution in [0.2, 0.25) is 18.1 Å². The van der Waals surface area contributed by atoms with Crippen molar-refractivity contribution >= 4 is 55.2 Å². The maximum absolute atomic E-state index is 13.0. The van der Waals surface area contributed by atoms with E-state index >= 15 is 0 Å². The lowest BCUT2D eigenvalue weighted by atomic mass is 10.1. The van der Waals surface area contributed by atoms with E-state index in [1.807, 2.05) is 33.9 Å². The monoisotopic (exact) mass is 652 g/mol. The van der Waals surface area contributed by atoms with E-state index in [9.17, 15) is 29.1 Å². The molecule has 0 spiro atoms. The summed E-state index contributed by atoms with van der Waals surface area (Å²) in [4.78, 5) is 73.0. The third kappa shape index (κ3) is 8.52.